The van der Waals surface area contributed by atoms with Crippen molar-refractivity contribution in [3.63, 3.8) is 0 Å². The van der Waals surface area contributed by atoms with Gasteiger partial charge in [0.25, 0.3) is 0 Å². The van der Waals surface area contributed by atoms with Crippen LogP contribution in [0.25, 0.3) is 0 Å². The van der Waals surface area contributed by atoms with E-state index in [-0.39, 0.29) is 42.3 Å². The van der Waals surface area contributed by atoms with E-state index in [2.05, 4.69) is 5.16 Å². The summed E-state index contributed by atoms with van der Waals surface area (Å²) in [5.74, 6) is -0.107. The number of likely N-dealkylation sites (tertiary alicyclic amines) is 1. The first-order valence-electron chi connectivity index (χ1n) is 11.8. The van der Waals surface area contributed by atoms with E-state index in [9.17, 15) is 17.6 Å². The topological polar surface area (TPSA) is 101 Å². The van der Waals surface area contributed by atoms with Gasteiger partial charge in [-0.25, -0.2) is 4.39 Å². The van der Waals surface area contributed by atoms with Crippen LogP contribution in [0.3, 0.4) is 0 Å². The third-order valence-electron chi connectivity index (χ3n) is 6.51. The molecule has 1 heterocycles. The highest BCUT2D eigenvalue weighted by molar-refractivity contribution is 5.98. The van der Waals surface area contributed by atoms with Crippen LogP contribution in [0.4, 0.5) is 17.6 Å². The fourth-order valence-corrected chi connectivity index (χ4v) is 4.28. The molecule has 1 aliphatic rings. The number of nitrogens with one attached hydrogen (secondary N) is 1. The number of hydrogen-bond acceptors (Lipinski definition) is 4. The quantitative estimate of drug-likeness (QED) is 0.208. The Balaban J connectivity index is 1.71. The van der Waals surface area contributed by atoms with E-state index in [1.165, 1.54) is 19.9 Å². The predicted octanol–water partition coefficient (Wildman–Crippen LogP) is 4.73. The van der Waals surface area contributed by atoms with Crippen molar-refractivity contribution in [3.05, 3.63) is 70.3 Å². The van der Waals surface area contributed by atoms with Gasteiger partial charge in [0, 0.05) is 12.6 Å². The lowest BCUT2D eigenvalue weighted by molar-refractivity contribution is -0.138. The number of hydrogen-bond donors (Lipinski definition) is 3. The van der Waals surface area contributed by atoms with Crippen LogP contribution in [0.5, 0.6) is 0 Å². The number of oxime groups is 1. The van der Waals surface area contributed by atoms with Crippen LogP contribution in [0.15, 0.2) is 47.6 Å². The first kappa shape index (κ1) is 27.4. The molecule has 0 spiro atoms. The van der Waals surface area contributed by atoms with Crippen molar-refractivity contribution in [1.82, 2.24) is 4.90 Å². The van der Waals surface area contributed by atoms with Crippen LogP contribution in [0, 0.1) is 5.41 Å². The maximum atomic E-state index is 14.0. The molecule has 2 aromatic carbocycles. The zero-order valence-corrected chi connectivity index (χ0v) is 20.7. The summed E-state index contributed by atoms with van der Waals surface area (Å²) in [7, 11) is 0. The fraction of sp³-hybridized carbons (Fsp3) is 0.462. The SMILES string of the molecule is C/C(=N\OCC1C(N)CCN1C(=N)N)c1ccc(CCc2ccc(C(C)(C)F)cc2)c(C(F)(F)F)c1. The normalized spacial score (nSPS) is 19.0. The summed E-state index contributed by atoms with van der Waals surface area (Å²) in [6.07, 6.45) is -3.31. The number of nitrogens with zero attached hydrogens (tertiary/aromatic N) is 2. The zero-order valence-electron chi connectivity index (χ0n) is 20.7. The van der Waals surface area contributed by atoms with E-state index in [0.717, 1.165) is 11.6 Å². The van der Waals surface area contributed by atoms with Gasteiger partial charge in [-0.05, 0) is 68.4 Å². The lowest BCUT2D eigenvalue weighted by Gasteiger charge is -2.25. The first-order chi connectivity index (χ1) is 16.8. The number of rotatable bonds is 8. The molecule has 1 fully saturated rings. The van der Waals surface area contributed by atoms with Gasteiger partial charge in [-0.15, -0.1) is 0 Å². The molecule has 0 bridgehead atoms. The Morgan fingerprint density at radius 2 is 1.78 bits per heavy atom. The van der Waals surface area contributed by atoms with Crippen molar-refractivity contribution in [1.29, 1.82) is 5.41 Å². The Kier molecular flexibility index (Phi) is 8.28. The Labute approximate surface area is 208 Å². The molecule has 2 atom stereocenters. The van der Waals surface area contributed by atoms with Crippen LogP contribution >= 0.6 is 0 Å². The molecular formula is C26H33F4N5O. The van der Waals surface area contributed by atoms with Gasteiger partial charge < -0.3 is 21.2 Å². The summed E-state index contributed by atoms with van der Waals surface area (Å²) >= 11 is 0. The third kappa shape index (κ3) is 6.75. The van der Waals surface area contributed by atoms with Crippen molar-refractivity contribution in [3.8, 4) is 0 Å². The molecule has 10 heteroatoms. The van der Waals surface area contributed by atoms with Gasteiger partial charge in [-0.2, -0.15) is 13.2 Å². The van der Waals surface area contributed by atoms with Crippen molar-refractivity contribution in [2.24, 2.45) is 16.6 Å². The number of alkyl halides is 4. The number of benzene rings is 2. The van der Waals surface area contributed by atoms with Crippen molar-refractivity contribution in [2.45, 2.75) is 64.0 Å². The van der Waals surface area contributed by atoms with Crippen LogP contribution < -0.4 is 11.5 Å². The standard InChI is InChI=1S/C26H33F4N5O/c1-16(34-36-15-23-22(31)12-13-35(23)24(32)33)19-9-8-18(21(14-19)26(28,29)30)7-4-17-5-10-20(11-6-17)25(2,3)27/h5-6,8-11,14,22-23H,4,7,12-13,15,31H2,1-3H3,(H3,32,33)/b34-16+. The highest BCUT2D eigenvalue weighted by Gasteiger charge is 2.34. The molecule has 6 nitrogen and oxygen atoms in total. The van der Waals surface area contributed by atoms with Crippen molar-refractivity contribution < 1.29 is 22.4 Å². The van der Waals surface area contributed by atoms with E-state index < -0.39 is 17.4 Å². The average molecular weight is 508 g/mol. The van der Waals surface area contributed by atoms with Gasteiger partial charge >= 0.3 is 6.18 Å². The second kappa shape index (κ2) is 10.9. The van der Waals surface area contributed by atoms with Gasteiger partial charge in [0.15, 0.2) is 5.96 Å². The van der Waals surface area contributed by atoms with Crippen LogP contribution in [0.2, 0.25) is 0 Å². The predicted molar refractivity (Wildman–Crippen MR) is 133 cm³/mol. The summed E-state index contributed by atoms with van der Waals surface area (Å²) in [6.45, 7) is 5.10. The molecule has 0 saturated carbocycles. The molecule has 1 aliphatic heterocycles. The Bertz CT molecular complexity index is 1090. The van der Waals surface area contributed by atoms with E-state index in [1.54, 1.807) is 42.2 Å². The third-order valence-corrected chi connectivity index (χ3v) is 6.51. The number of guanidine groups is 1. The molecule has 0 aliphatic carbocycles. The monoisotopic (exact) mass is 507 g/mol. The largest absolute Gasteiger partial charge is 0.416 e. The number of halogens is 4. The lowest BCUT2D eigenvalue weighted by atomic mass is 9.94. The molecule has 1 saturated heterocycles. The maximum absolute atomic E-state index is 14.0. The summed E-state index contributed by atoms with van der Waals surface area (Å²) in [5, 5.41) is 11.6. The van der Waals surface area contributed by atoms with E-state index in [0.29, 0.717) is 30.5 Å². The Morgan fingerprint density at radius 1 is 1.11 bits per heavy atom. The maximum Gasteiger partial charge on any atom is 0.416 e. The first-order valence-corrected chi connectivity index (χ1v) is 11.8. The molecule has 0 radical (unpaired) electrons. The van der Waals surface area contributed by atoms with E-state index in [4.69, 9.17) is 21.7 Å². The minimum atomic E-state index is -4.53. The average Bonchev–Trinajstić information content (AvgIpc) is 3.17. The number of aryl methyl sites for hydroxylation is 2. The summed E-state index contributed by atoms with van der Waals surface area (Å²) < 4.78 is 55.6. The molecule has 0 amide bonds. The van der Waals surface area contributed by atoms with Crippen molar-refractivity contribution in [2.75, 3.05) is 13.2 Å². The molecule has 196 valence electrons. The van der Waals surface area contributed by atoms with Crippen LogP contribution in [-0.4, -0.2) is 41.8 Å². The highest BCUT2D eigenvalue weighted by atomic mass is 19.4. The van der Waals surface area contributed by atoms with Gasteiger partial charge in [0.1, 0.15) is 12.3 Å². The molecule has 5 N–H and O–H groups in total. The highest BCUT2D eigenvalue weighted by Crippen LogP contribution is 2.34. The minimum Gasteiger partial charge on any atom is -0.393 e. The number of nitrogens with two attached hydrogens (primary N) is 2. The molecule has 0 aromatic heterocycles. The fourth-order valence-electron chi connectivity index (χ4n) is 4.28. The lowest BCUT2D eigenvalue weighted by Crippen LogP contribution is -2.47. The smallest absolute Gasteiger partial charge is 0.393 e. The van der Waals surface area contributed by atoms with Gasteiger partial charge in [0.05, 0.1) is 17.3 Å². The van der Waals surface area contributed by atoms with Gasteiger partial charge in [0.2, 0.25) is 0 Å². The molecule has 2 aromatic rings. The minimum absolute atomic E-state index is 0.0701. The van der Waals surface area contributed by atoms with Crippen LogP contribution in [0.1, 0.15) is 55.0 Å². The molecule has 36 heavy (non-hydrogen) atoms. The summed E-state index contributed by atoms with van der Waals surface area (Å²) in [6, 6.07) is 10.4. The van der Waals surface area contributed by atoms with Gasteiger partial charge in [-0.3, -0.25) is 5.41 Å². The van der Waals surface area contributed by atoms with E-state index >= 15 is 0 Å². The van der Waals surface area contributed by atoms with E-state index in [1.807, 2.05) is 0 Å². The molecular weight excluding hydrogens is 474 g/mol. The Hall–Kier alpha value is -3.14. The van der Waals surface area contributed by atoms with Gasteiger partial charge in [-0.1, -0.05) is 41.6 Å². The Morgan fingerprint density at radius 3 is 2.36 bits per heavy atom. The molecule has 3 rings (SSSR count). The van der Waals surface area contributed by atoms with Crippen molar-refractivity contribution >= 4 is 11.7 Å². The second-order valence-electron chi connectivity index (χ2n) is 9.61. The zero-order chi connectivity index (χ0) is 26.7. The summed E-state index contributed by atoms with van der Waals surface area (Å²) in [4.78, 5) is 7.01. The van der Waals surface area contributed by atoms with Crippen LogP contribution in [-0.2, 0) is 29.5 Å². The summed E-state index contributed by atoms with van der Waals surface area (Å²) in [5.41, 5.74) is 11.5. The molecule has 2 unspecified atom stereocenters. The second-order valence-corrected chi connectivity index (χ2v) is 9.61.